The van der Waals surface area contributed by atoms with Crippen LogP contribution in [0.25, 0.3) is 0 Å². The molecule has 0 aliphatic rings. The lowest BCUT2D eigenvalue weighted by Crippen LogP contribution is -2.08. The van der Waals surface area contributed by atoms with Gasteiger partial charge in [-0.15, -0.1) is 0 Å². The van der Waals surface area contributed by atoms with Crippen molar-refractivity contribution in [2.24, 2.45) is 0 Å². The Kier molecular flexibility index (Phi) is 3.61. The number of benzene rings is 2. The van der Waals surface area contributed by atoms with Crippen molar-refractivity contribution < 1.29 is 18.0 Å². The van der Waals surface area contributed by atoms with Crippen LogP contribution in [-0.4, -0.2) is 5.78 Å². The van der Waals surface area contributed by atoms with Crippen LogP contribution in [0.4, 0.5) is 18.9 Å². The second-order valence-corrected chi connectivity index (χ2v) is 4.67. The molecule has 0 radical (unpaired) electrons. The van der Waals surface area contributed by atoms with Gasteiger partial charge in [-0.3, -0.25) is 4.79 Å². The van der Waals surface area contributed by atoms with Gasteiger partial charge in [-0.25, -0.2) is 13.2 Å². The molecule has 2 aromatic rings. The predicted molar refractivity (Wildman–Crippen MR) is 68.3 cm³/mol. The lowest BCUT2D eigenvalue weighted by Gasteiger charge is -2.06. The van der Waals surface area contributed by atoms with E-state index in [9.17, 15) is 18.0 Å². The Bertz CT molecular complexity index is 673. The molecule has 98 valence electrons. The lowest BCUT2D eigenvalue weighted by molar-refractivity contribution is 0.103. The van der Waals surface area contributed by atoms with Gasteiger partial charge in [0.05, 0.1) is 15.6 Å². The molecule has 19 heavy (non-hydrogen) atoms. The Labute approximate surface area is 115 Å². The van der Waals surface area contributed by atoms with E-state index >= 15 is 0 Å². The van der Waals surface area contributed by atoms with E-state index in [-0.39, 0.29) is 10.2 Å². The Morgan fingerprint density at radius 3 is 2.26 bits per heavy atom. The third-order valence-electron chi connectivity index (χ3n) is 2.49. The normalized spacial score (nSPS) is 10.5. The Morgan fingerprint density at radius 2 is 1.58 bits per heavy atom. The molecule has 0 heterocycles. The number of carbonyl (C=O) groups excluding carboxylic acids is 1. The quantitative estimate of drug-likeness (QED) is 0.519. The molecule has 0 aromatic heterocycles. The fourth-order valence-electron chi connectivity index (χ4n) is 1.56. The van der Waals surface area contributed by atoms with Gasteiger partial charge in [-0.1, -0.05) is 0 Å². The van der Waals surface area contributed by atoms with Crippen molar-refractivity contribution in [3.8, 4) is 0 Å². The highest BCUT2D eigenvalue weighted by atomic mass is 79.9. The molecule has 0 atom stereocenters. The third kappa shape index (κ3) is 2.63. The average Bonchev–Trinajstić information content (AvgIpc) is 2.36. The zero-order valence-corrected chi connectivity index (χ0v) is 11.0. The molecule has 2 nitrogen and oxygen atoms in total. The number of hydrogen-bond donors (Lipinski definition) is 1. The van der Waals surface area contributed by atoms with Crippen molar-refractivity contribution in [2.45, 2.75) is 0 Å². The first-order chi connectivity index (χ1) is 8.90. The van der Waals surface area contributed by atoms with Crippen LogP contribution in [0.15, 0.2) is 34.8 Å². The second-order valence-electron chi connectivity index (χ2n) is 3.81. The molecule has 2 aromatic carbocycles. The summed E-state index contributed by atoms with van der Waals surface area (Å²) in [5.74, 6) is -3.57. The van der Waals surface area contributed by atoms with Crippen LogP contribution >= 0.6 is 15.9 Å². The number of nitrogens with two attached hydrogens (primary N) is 1. The topological polar surface area (TPSA) is 43.1 Å². The minimum Gasteiger partial charge on any atom is -0.399 e. The van der Waals surface area contributed by atoms with E-state index in [0.29, 0.717) is 6.07 Å². The van der Waals surface area contributed by atoms with Crippen LogP contribution in [0, 0.1) is 17.5 Å². The maximum atomic E-state index is 13.6. The Morgan fingerprint density at radius 1 is 0.947 bits per heavy atom. The summed E-state index contributed by atoms with van der Waals surface area (Å²) in [6.45, 7) is 0. The zero-order chi connectivity index (χ0) is 14.2. The molecule has 0 aliphatic carbocycles. The SMILES string of the molecule is Nc1ccc(F)c(C(=O)c2cc(F)c(Br)cc2F)c1. The third-order valence-corrected chi connectivity index (χ3v) is 3.10. The summed E-state index contributed by atoms with van der Waals surface area (Å²) < 4.78 is 40.4. The van der Waals surface area contributed by atoms with Gasteiger partial charge in [0.25, 0.3) is 0 Å². The fourth-order valence-corrected chi connectivity index (χ4v) is 1.87. The number of halogens is 4. The summed E-state index contributed by atoms with van der Waals surface area (Å²) in [4.78, 5) is 12.0. The van der Waals surface area contributed by atoms with Crippen LogP contribution in [0.1, 0.15) is 15.9 Å². The first kappa shape index (κ1) is 13.6. The van der Waals surface area contributed by atoms with Crippen molar-refractivity contribution in [3.63, 3.8) is 0 Å². The summed E-state index contributed by atoms with van der Waals surface area (Å²) in [6.07, 6.45) is 0. The number of ketones is 1. The zero-order valence-electron chi connectivity index (χ0n) is 9.38. The number of carbonyl (C=O) groups is 1. The van der Waals surface area contributed by atoms with Gasteiger partial charge in [0.15, 0.2) is 5.78 Å². The highest BCUT2D eigenvalue weighted by Crippen LogP contribution is 2.23. The Hall–Kier alpha value is -1.82. The lowest BCUT2D eigenvalue weighted by atomic mass is 10.0. The van der Waals surface area contributed by atoms with Gasteiger partial charge >= 0.3 is 0 Å². The summed E-state index contributed by atoms with van der Waals surface area (Å²) in [5.41, 5.74) is 4.64. The number of rotatable bonds is 2. The minimum absolute atomic E-state index is 0.116. The van der Waals surface area contributed by atoms with Gasteiger partial charge in [0.2, 0.25) is 0 Å². The van der Waals surface area contributed by atoms with E-state index in [1.165, 1.54) is 6.07 Å². The molecular formula is C13H7BrF3NO. The van der Waals surface area contributed by atoms with Crippen molar-refractivity contribution in [2.75, 3.05) is 5.73 Å². The van der Waals surface area contributed by atoms with Crippen molar-refractivity contribution in [1.29, 1.82) is 0 Å². The number of anilines is 1. The van der Waals surface area contributed by atoms with Crippen LogP contribution in [0.2, 0.25) is 0 Å². The average molecular weight is 330 g/mol. The first-order valence-corrected chi connectivity index (χ1v) is 5.93. The molecular weight excluding hydrogens is 323 g/mol. The van der Waals surface area contributed by atoms with Gasteiger partial charge in [0.1, 0.15) is 17.5 Å². The molecule has 0 unspecified atom stereocenters. The van der Waals surface area contributed by atoms with Gasteiger partial charge in [-0.2, -0.15) is 0 Å². The highest BCUT2D eigenvalue weighted by Gasteiger charge is 2.20. The largest absolute Gasteiger partial charge is 0.399 e. The van der Waals surface area contributed by atoms with E-state index < -0.39 is 34.4 Å². The van der Waals surface area contributed by atoms with Crippen molar-refractivity contribution in [1.82, 2.24) is 0 Å². The van der Waals surface area contributed by atoms with Crippen LogP contribution in [0.3, 0.4) is 0 Å². The molecule has 6 heteroatoms. The van der Waals surface area contributed by atoms with Gasteiger partial charge < -0.3 is 5.73 Å². The fraction of sp³-hybridized carbons (Fsp3) is 0. The van der Waals surface area contributed by atoms with E-state index in [1.54, 1.807) is 0 Å². The smallest absolute Gasteiger partial charge is 0.199 e. The molecule has 0 amide bonds. The first-order valence-electron chi connectivity index (χ1n) is 5.14. The van der Waals surface area contributed by atoms with Crippen molar-refractivity contribution in [3.05, 3.63) is 63.4 Å². The van der Waals surface area contributed by atoms with Crippen molar-refractivity contribution >= 4 is 27.4 Å². The number of hydrogen-bond acceptors (Lipinski definition) is 2. The molecule has 0 fully saturated rings. The molecule has 0 saturated heterocycles. The van der Waals surface area contributed by atoms with Crippen LogP contribution < -0.4 is 5.73 Å². The van der Waals surface area contributed by atoms with Gasteiger partial charge in [-0.05, 0) is 46.3 Å². The van der Waals surface area contributed by atoms with E-state index in [4.69, 9.17) is 5.73 Å². The standard InChI is InChI=1S/C13H7BrF3NO/c14-9-5-11(16)8(4-12(9)17)13(19)7-3-6(18)1-2-10(7)15/h1-5H,18H2. The summed E-state index contributed by atoms with van der Waals surface area (Å²) in [6, 6.07) is 4.87. The molecule has 0 bridgehead atoms. The molecule has 0 spiro atoms. The van der Waals surface area contributed by atoms with Gasteiger partial charge in [0, 0.05) is 5.69 Å². The van der Waals surface area contributed by atoms with Crippen LogP contribution in [0.5, 0.6) is 0 Å². The molecule has 0 saturated carbocycles. The summed E-state index contributed by atoms with van der Waals surface area (Å²) >= 11 is 2.79. The van der Waals surface area contributed by atoms with E-state index in [1.807, 2.05) is 0 Å². The Balaban J connectivity index is 2.56. The second kappa shape index (κ2) is 5.05. The van der Waals surface area contributed by atoms with E-state index in [0.717, 1.165) is 18.2 Å². The molecule has 0 aliphatic heterocycles. The summed E-state index contributed by atoms with van der Waals surface area (Å²) in [7, 11) is 0. The maximum Gasteiger partial charge on any atom is 0.199 e. The van der Waals surface area contributed by atoms with Crippen LogP contribution in [-0.2, 0) is 0 Å². The minimum atomic E-state index is -0.964. The monoisotopic (exact) mass is 329 g/mol. The molecule has 2 rings (SSSR count). The predicted octanol–water partition coefficient (Wildman–Crippen LogP) is 3.68. The highest BCUT2D eigenvalue weighted by molar-refractivity contribution is 9.10. The molecule has 2 N–H and O–H groups in total. The summed E-state index contributed by atoms with van der Waals surface area (Å²) in [5, 5.41) is 0. The maximum absolute atomic E-state index is 13.6. The van der Waals surface area contributed by atoms with E-state index in [2.05, 4.69) is 15.9 Å². The number of nitrogen functional groups attached to an aromatic ring is 1.